The first kappa shape index (κ1) is 18.1. The molecule has 0 atom stereocenters. The van der Waals surface area contributed by atoms with E-state index in [2.05, 4.69) is 36.5 Å². The summed E-state index contributed by atoms with van der Waals surface area (Å²) in [6.45, 7) is 1.87. The van der Waals surface area contributed by atoms with Crippen LogP contribution in [-0.4, -0.2) is 14.9 Å². The van der Waals surface area contributed by atoms with E-state index in [9.17, 15) is 10.1 Å². The fourth-order valence-corrected chi connectivity index (χ4v) is 2.70. The molecule has 2 aromatic carbocycles. The van der Waals surface area contributed by atoms with Crippen molar-refractivity contribution in [2.45, 2.75) is 6.92 Å². The third-order valence-corrected chi connectivity index (χ3v) is 4.33. The molecule has 0 saturated carbocycles. The first-order valence-corrected chi connectivity index (χ1v) is 8.66. The second kappa shape index (κ2) is 7.67. The predicted molar refractivity (Wildman–Crippen MR) is 106 cm³/mol. The first-order chi connectivity index (χ1) is 12.4. The third kappa shape index (κ3) is 4.09. The van der Waals surface area contributed by atoms with Gasteiger partial charge in [-0.1, -0.05) is 33.6 Å². The molecule has 0 spiro atoms. The second-order valence-electron chi connectivity index (χ2n) is 5.39. The van der Waals surface area contributed by atoms with Crippen LogP contribution in [0.1, 0.15) is 5.56 Å². The standard InChI is InChI=1S/C17H13BrClN5O2/c1-10-2-5-12(19)8-14(10)23-17-15(24(25)26)16(20-9-21-17)22-13-6-3-11(18)4-7-13/h2-9H,1H3,(H2,20,21,22,23). The maximum absolute atomic E-state index is 11.6. The molecule has 0 unspecified atom stereocenters. The number of halogens is 2. The second-order valence-corrected chi connectivity index (χ2v) is 6.74. The highest BCUT2D eigenvalue weighted by Crippen LogP contribution is 2.34. The van der Waals surface area contributed by atoms with Gasteiger partial charge in [0.1, 0.15) is 6.33 Å². The molecule has 0 amide bonds. The zero-order valence-electron chi connectivity index (χ0n) is 13.5. The number of aromatic nitrogens is 2. The summed E-state index contributed by atoms with van der Waals surface area (Å²) < 4.78 is 0.902. The van der Waals surface area contributed by atoms with Crippen LogP contribution >= 0.6 is 27.5 Å². The molecular weight excluding hydrogens is 422 g/mol. The van der Waals surface area contributed by atoms with Crippen LogP contribution in [0.2, 0.25) is 5.02 Å². The van der Waals surface area contributed by atoms with Crippen LogP contribution in [0.15, 0.2) is 53.3 Å². The van der Waals surface area contributed by atoms with Crippen LogP contribution in [0.4, 0.5) is 28.7 Å². The van der Waals surface area contributed by atoms with Crippen LogP contribution in [0, 0.1) is 17.0 Å². The number of nitrogens with one attached hydrogen (secondary N) is 2. The van der Waals surface area contributed by atoms with E-state index in [1.54, 1.807) is 24.3 Å². The summed E-state index contributed by atoms with van der Waals surface area (Å²) in [7, 11) is 0. The highest BCUT2D eigenvalue weighted by Gasteiger charge is 2.23. The van der Waals surface area contributed by atoms with Gasteiger partial charge >= 0.3 is 5.69 Å². The van der Waals surface area contributed by atoms with Gasteiger partial charge in [-0.2, -0.15) is 0 Å². The van der Waals surface area contributed by atoms with E-state index < -0.39 is 4.92 Å². The Hall–Kier alpha value is -2.71. The smallest absolute Gasteiger partial charge is 0.334 e. The molecule has 3 rings (SSSR count). The van der Waals surface area contributed by atoms with E-state index in [0.717, 1.165) is 10.0 Å². The first-order valence-electron chi connectivity index (χ1n) is 7.49. The predicted octanol–water partition coefficient (Wildman–Crippen LogP) is 5.60. The Morgan fingerprint density at radius 3 is 2.38 bits per heavy atom. The van der Waals surface area contributed by atoms with Crippen molar-refractivity contribution in [2.75, 3.05) is 10.6 Å². The summed E-state index contributed by atoms with van der Waals surface area (Å²) in [5.74, 6) is 0.171. The highest BCUT2D eigenvalue weighted by atomic mass is 79.9. The Labute approximate surface area is 162 Å². The quantitative estimate of drug-likeness (QED) is 0.401. The van der Waals surface area contributed by atoms with E-state index in [1.807, 2.05) is 25.1 Å². The molecule has 0 aliphatic carbocycles. The number of anilines is 4. The molecule has 0 aliphatic heterocycles. The lowest BCUT2D eigenvalue weighted by Gasteiger charge is -2.12. The van der Waals surface area contributed by atoms with Crippen LogP contribution < -0.4 is 10.6 Å². The summed E-state index contributed by atoms with van der Waals surface area (Å²) in [4.78, 5) is 19.2. The minimum Gasteiger partial charge on any atom is -0.334 e. The largest absolute Gasteiger partial charge is 0.353 e. The molecule has 0 fully saturated rings. The van der Waals surface area contributed by atoms with Crippen molar-refractivity contribution in [1.82, 2.24) is 9.97 Å². The van der Waals surface area contributed by atoms with Crippen molar-refractivity contribution in [3.8, 4) is 0 Å². The number of nitro groups is 1. The molecule has 132 valence electrons. The van der Waals surface area contributed by atoms with Crippen molar-refractivity contribution in [1.29, 1.82) is 0 Å². The van der Waals surface area contributed by atoms with E-state index in [1.165, 1.54) is 6.33 Å². The van der Waals surface area contributed by atoms with E-state index in [-0.39, 0.29) is 17.3 Å². The van der Waals surface area contributed by atoms with Gasteiger partial charge in [0, 0.05) is 20.9 Å². The van der Waals surface area contributed by atoms with Gasteiger partial charge in [-0.25, -0.2) is 9.97 Å². The average Bonchev–Trinajstić information content (AvgIpc) is 2.60. The minimum absolute atomic E-state index is 0.0787. The lowest BCUT2D eigenvalue weighted by Crippen LogP contribution is -2.06. The van der Waals surface area contributed by atoms with E-state index in [4.69, 9.17) is 11.6 Å². The fraction of sp³-hybridized carbons (Fsp3) is 0.0588. The number of hydrogen-bond donors (Lipinski definition) is 2. The Kier molecular flexibility index (Phi) is 5.34. The number of rotatable bonds is 5. The summed E-state index contributed by atoms with van der Waals surface area (Å²) >= 11 is 9.36. The van der Waals surface area contributed by atoms with Crippen molar-refractivity contribution < 1.29 is 4.92 Å². The SMILES string of the molecule is Cc1ccc(Cl)cc1Nc1ncnc(Nc2ccc(Br)cc2)c1[N+](=O)[O-]. The molecule has 1 heterocycles. The van der Waals surface area contributed by atoms with Gasteiger partial charge in [0.15, 0.2) is 0 Å². The highest BCUT2D eigenvalue weighted by molar-refractivity contribution is 9.10. The van der Waals surface area contributed by atoms with Gasteiger partial charge in [0.05, 0.1) is 4.92 Å². The van der Waals surface area contributed by atoms with Crippen LogP contribution in [0.25, 0.3) is 0 Å². The van der Waals surface area contributed by atoms with Gasteiger partial charge < -0.3 is 10.6 Å². The van der Waals surface area contributed by atoms with Gasteiger partial charge in [-0.15, -0.1) is 0 Å². The summed E-state index contributed by atoms with van der Waals surface area (Å²) in [6, 6.07) is 12.5. The minimum atomic E-state index is -0.524. The molecule has 3 aromatic rings. The Morgan fingerprint density at radius 2 is 1.73 bits per heavy atom. The number of nitrogens with zero attached hydrogens (tertiary/aromatic N) is 3. The molecule has 7 nitrogen and oxygen atoms in total. The molecule has 26 heavy (non-hydrogen) atoms. The summed E-state index contributed by atoms with van der Waals surface area (Å²) in [6.07, 6.45) is 1.26. The monoisotopic (exact) mass is 433 g/mol. The van der Waals surface area contributed by atoms with Crippen molar-refractivity contribution >= 4 is 56.2 Å². The molecular formula is C17H13BrClN5O2. The van der Waals surface area contributed by atoms with Crippen molar-refractivity contribution in [2.24, 2.45) is 0 Å². The van der Waals surface area contributed by atoms with Gasteiger partial charge in [-0.05, 0) is 48.9 Å². The normalized spacial score (nSPS) is 10.4. The van der Waals surface area contributed by atoms with Gasteiger partial charge in [-0.3, -0.25) is 10.1 Å². The Bertz CT molecular complexity index is 966. The maximum Gasteiger partial charge on any atom is 0.353 e. The molecule has 0 aliphatic rings. The third-order valence-electron chi connectivity index (χ3n) is 3.56. The molecule has 0 bridgehead atoms. The zero-order chi connectivity index (χ0) is 18.7. The van der Waals surface area contributed by atoms with Crippen LogP contribution in [-0.2, 0) is 0 Å². The molecule has 9 heteroatoms. The fourth-order valence-electron chi connectivity index (χ4n) is 2.26. The molecule has 2 N–H and O–H groups in total. The summed E-state index contributed by atoms with van der Waals surface area (Å²) in [5.41, 5.74) is 1.92. The van der Waals surface area contributed by atoms with E-state index in [0.29, 0.717) is 16.4 Å². The van der Waals surface area contributed by atoms with Gasteiger partial charge in [0.2, 0.25) is 11.6 Å². The topological polar surface area (TPSA) is 93.0 Å². The number of hydrogen-bond acceptors (Lipinski definition) is 6. The zero-order valence-corrected chi connectivity index (χ0v) is 15.9. The maximum atomic E-state index is 11.6. The summed E-state index contributed by atoms with van der Waals surface area (Å²) in [5, 5.41) is 18.1. The Balaban J connectivity index is 1.99. The van der Waals surface area contributed by atoms with Gasteiger partial charge in [0.25, 0.3) is 0 Å². The molecule has 0 radical (unpaired) electrons. The lowest BCUT2D eigenvalue weighted by atomic mass is 10.2. The molecule has 1 aromatic heterocycles. The van der Waals surface area contributed by atoms with Crippen molar-refractivity contribution in [3.63, 3.8) is 0 Å². The van der Waals surface area contributed by atoms with Crippen LogP contribution in [0.3, 0.4) is 0 Å². The number of aryl methyl sites for hydroxylation is 1. The Morgan fingerprint density at radius 1 is 1.08 bits per heavy atom. The lowest BCUT2D eigenvalue weighted by molar-refractivity contribution is -0.383. The molecule has 0 saturated heterocycles. The number of benzene rings is 2. The van der Waals surface area contributed by atoms with Crippen LogP contribution in [0.5, 0.6) is 0 Å². The average molecular weight is 435 g/mol. The van der Waals surface area contributed by atoms with E-state index >= 15 is 0 Å². The van der Waals surface area contributed by atoms with Crippen molar-refractivity contribution in [3.05, 3.63) is 74.0 Å².